The number of nitrogens with zero attached hydrogens (tertiary/aromatic N) is 3. The van der Waals surface area contributed by atoms with Crippen LogP contribution in [0, 0.1) is 11.8 Å². The molecule has 0 saturated carbocycles. The van der Waals surface area contributed by atoms with Crippen LogP contribution < -0.4 is 5.32 Å². The molecule has 7 heteroatoms. The lowest BCUT2D eigenvalue weighted by Gasteiger charge is -2.39. The Morgan fingerprint density at radius 3 is 2.71 bits per heavy atom. The Bertz CT molecular complexity index is 1000. The third-order valence-corrected chi connectivity index (χ3v) is 6.65. The molecule has 182 valence electrons. The third-order valence-electron chi connectivity index (χ3n) is 6.65. The summed E-state index contributed by atoms with van der Waals surface area (Å²) in [5.41, 5.74) is 4.11. The second-order valence-corrected chi connectivity index (χ2v) is 10.1. The molecule has 2 N–H and O–H groups in total. The van der Waals surface area contributed by atoms with Crippen molar-refractivity contribution in [3.05, 3.63) is 65.0 Å². The number of nitrogens with one attached hydrogen (secondary N) is 1. The lowest BCUT2D eigenvalue weighted by atomic mass is 9.93. The van der Waals surface area contributed by atoms with Crippen LogP contribution in [0.25, 0.3) is 0 Å². The predicted molar refractivity (Wildman–Crippen MR) is 131 cm³/mol. The molecule has 2 aliphatic rings. The van der Waals surface area contributed by atoms with E-state index in [0.717, 1.165) is 44.7 Å². The zero-order chi connectivity index (χ0) is 24.1. The monoisotopic (exact) mass is 464 g/mol. The number of aliphatic hydroxyl groups excluding tert-OH is 1. The lowest BCUT2D eigenvalue weighted by molar-refractivity contribution is -0.138. The standard InChI is InChI=1S/C27H36N4O3/c1-19(2)11-26(33)31-15-20(16-31)12-24-13-22(7-9-28-24)27(34)29-14-25(32)18-30-10-8-21-5-3-4-6-23(21)17-30/h3-7,9,13,19-20,25,32H,8,10-12,14-18H2,1-2H3,(H,29,34)/t25-/m0/s1. The van der Waals surface area contributed by atoms with Gasteiger partial charge in [0.05, 0.1) is 6.10 Å². The summed E-state index contributed by atoms with van der Waals surface area (Å²) in [6, 6.07) is 11.9. The van der Waals surface area contributed by atoms with Gasteiger partial charge in [0, 0.05) is 63.1 Å². The van der Waals surface area contributed by atoms with Crippen LogP contribution in [0.3, 0.4) is 0 Å². The first kappa shape index (κ1) is 24.4. The van der Waals surface area contributed by atoms with Crippen LogP contribution in [0.5, 0.6) is 0 Å². The third kappa shape index (κ3) is 6.42. The summed E-state index contributed by atoms with van der Waals surface area (Å²) in [6.45, 7) is 8.12. The fourth-order valence-corrected chi connectivity index (χ4v) is 4.79. The second kappa shape index (κ2) is 11.1. The first-order chi connectivity index (χ1) is 16.4. The van der Waals surface area contributed by atoms with E-state index in [-0.39, 0.29) is 18.4 Å². The summed E-state index contributed by atoms with van der Waals surface area (Å²) in [5.74, 6) is 0.783. The molecule has 0 unspecified atom stereocenters. The van der Waals surface area contributed by atoms with Crippen LogP contribution in [-0.4, -0.2) is 70.5 Å². The van der Waals surface area contributed by atoms with Crippen LogP contribution in [0.1, 0.15) is 47.4 Å². The maximum absolute atomic E-state index is 12.7. The molecule has 4 rings (SSSR count). The number of carbonyl (C=O) groups is 2. The van der Waals surface area contributed by atoms with Crippen molar-refractivity contribution in [3.63, 3.8) is 0 Å². The van der Waals surface area contributed by atoms with Gasteiger partial charge in [0.15, 0.2) is 0 Å². The molecular weight excluding hydrogens is 428 g/mol. The summed E-state index contributed by atoms with van der Waals surface area (Å²) in [4.78, 5) is 33.3. The normalized spacial score (nSPS) is 17.2. The molecule has 7 nitrogen and oxygen atoms in total. The summed E-state index contributed by atoms with van der Waals surface area (Å²) in [5, 5.41) is 13.3. The van der Waals surface area contributed by atoms with E-state index in [1.54, 1.807) is 12.3 Å². The molecule has 0 aliphatic carbocycles. The second-order valence-electron chi connectivity index (χ2n) is 10.1. The number of rotatable bonds is 9. The number of amides is 2. The molecule has 34 heavy (non-hydrogen) atoms. The number of likely N-dealkylation sites (tertiary alicyclic amines) is 1. The van der Waals surface area contributed by atoms with Gasteiger partial charge in [-0.25, -0.2) is 0 Å². The quantitative estimate of drug-likeness (QED) is 0.595. The van der Waals surface area contributed by atoms with Crippen molar-refractivity contribution in [1.29, 1.82) is 0 Å². The molecule has 1 saturated heterocycles. The van der Waals surface area contributed by atoms with Crippen molar-refractivity contribution < 1.29 is 14.7 Å². The fraction of sp³-hybridized carbons (Fsp3) is 0.519. The number of β-amino-alcohol motifs (C(OH)–C–C–N with tert-alkyl or cyclic N) is 1. The van der Waals surface area contributed by atoms with Gasteiger partial charge in [-0.05, 0) is 47.9 Å². The maximum Gasteiger partial charge on any atom is 0.251 e. The number of hydrogen-bond acceptors (Lipinski definition) is 5. The van der Waals surface area contributed by atoms with E-state index >= 15 is 0 Å². The lowest BCUT2D eigenvalue weighted by Crippen LogP contribution is -2.51. The number of fused-ring (bicyclic) bond motifs is 1. The first-order valence-electron chi connectivity index (χ1n) is 12.4. The van der Waals surface area contributed by atoms with E-state index in [2.05, 4.69) is 53.3 Å². The molecule has 2 aliphatic heterocycles. The molecule has 1 fully saturated rings. The minimum Gasteiger partial charge on any atom is -0.390 e. The molecule has 1 aromatic heterocycles. The van der Waals surface area contributed by atoms with Gasteiger partial charge in [0.25, 0.3) is 5.91 Å². The van der Waals surface area contributed by atoms with Gasteiger partial charge in [-0.3, -0.25) is 19.5 Å². The Morgan fingerprint density at radius 2 is 1.94 bits per heavy atom. The van der Waals surface area contributed by atoms with E-state index in [4.69, 9.17) is 0 Å². The van der Waals surface area contributed by atoms with E-state index in [0.29, 0.717) is 30.4 Å². The number of aliphatic hydroxyl groups is 1. The van der Waals surface area contributed by atoms with E-state index in [1.807, 2.05) is 11.0 Å². The van der Waals surface area contributed by atoms with Gasteiger partial charge in [0.2, 0.25) is 5.91 Å². The predicted octanol–water partition coefficient (Wildman–Crippen LogP) is 2.28. The molecular formula is C27H36N4O3. The summed E-state index contributed by atoms with van der Waals surface area (Å²) in [7, 11) is 0. The summed E-state index contributed by atoms with van der Waals surface area (Å²) in [6.07, 6.45) is 3.37. The zero-order valence-electron chi connectivity index (χ0n) is 20.2. The van der Waals surface area contributed by atoms with Gasteiger partial charge >= 0.3 is 0 Å². The molecule has 0 bridgehead atoms. The summed E-state index contributed by atoms with van der Waals surface area (Å²) < 4.78 is 0. The Labute approximate surface area is 202 Å². The average Bonchev–Trinajstić information content (AvgIpc) is 2.79. The number of benzene rings is 1. The van der Waals surface area contributed by atoms with Crippen molar-refractivity contribution in [2.75, 3.05) is 32.7 Å². The highest BCUT2D eigenvalue weighted by Gasteiger charge is 2.31. The highest BCUT2D eigenvalue weighted by atomic mass is 16.3. The SMILES string of the molecule is CC(C)CC(=O)N1CC(Cc2cc(C(=O)NC[C@H](O)CN3CCc4ccccc4C3)ccn2)C1. The van der Waals surface area contributed by atoms with Crippen molar-refractivity contribution in [2.45, 2.75) is 45.8 Å². The van der Waals surface area contributed by atoms with Crippen molar-refractivity contribution in [3.8, 4) is 0 Å². The molecule has 1 atom stereocenters. The topological polar surface area (TPSA) is 85.8 Å². The minimum absolute atomic E-state index is 0.200. The van der Waals surface area contributed by atoms with Gasteiger partial charge < -0.3 is 15.3 Å². The Hall–Kier alpha value is -2.77. The number of aromatic nitrogens is 1. The maximum atomic E-state index is 12.7. The molecule has 0 spiro atoms. The highest BCUT2D eigenvalue weighted by molar-refractivity contribution is 5.94. The van der Waals surface area contributed by atoms with Crippen molar-refractivity contribution in [1.82, 2.24) is 20.1 Å². The minimum atomic E-state index is -0.625. The van der Waals surface area contributed by atoms with Crippen molar-refractivity contribution in [2.24, 2.45) is 11.8 Å². The summed E-state index contributed by atoms with van der Waals surface area (Å²) >= 11 is 0. The Kier molecular flexibility index (Phi) is 7.95. The average molecular weight is 465 g/mol. The van der Waals surface area contributed by atoms with Crippen LogP contribution in [0.15, 0.2) is 42.6 Å². The van der Waals surface area contributed by atoms with Crippen LogP contribution in [0.4, 0.5) is 0 Å². The Morgan fingerprint density at radius 1 is 1.18 bits per heavy atom. The van der Waals surface area contributed by atoms with Crippen LogP contribution >= 0.6 is 0 Å². The Balaban J connectivity index is 1.20. The van der Waals surface area contributed by atoms with Crippen LogP contribution in [0.2, 0.25) is 0 Å². The molecule has 2 aromatic rings. The molecule has 2 amide bonds. The van der Waals surface area contributed by atoms with E-state index < -0.39 is 6.10 Å². The van der Waals surface area contributed by atoms with Crippen molar-refractivity contribution >= 4 is 11.8 Å². The number of carbonyl (C=O) groups excluding carboxylic acids is 2. The molecule has 3 heterocycles. The van der Waals surface area contributed by atoms with Crippen LogP contribution in [-0.2, 0) is 24.2 Å². The largest absolute Gasteiger partial charge is 0.390 e. The highest BCUT2D eigenvalue weighted by Crippen LogP contribution is 2.22. The fourth-order valence-electron chi connectivity index (χ4n) is 4.79. The van der Waals surface area contributed by atoms with Gasteiger partial charge in [0.1, 0.15) is 0 Å². The number of hydrogen-bond donors (Lipinski definition) is 2. The molecule has 0 radical (unpaired) electrons. The van der Waals surface area contributed by atoms with E-state index in [9.17, 15) is 14.7 Å². The molecule has 1 aromatic carbocycles. The number of pyridine rings is 1. The van der Waals surface area contributed by atoms with Gasteiger partial charge in [-0.15, -0.1) is 0 Å². The smallest absolute Gasteiger partial charge is 0.251 e. The van der Waals surface area contributed by atoms with E-state index in [1.165, 1.54) is 11.1 Å². The zero-order valence-corrected chi connectivity index (χ0v) is 20.2. The first-order valence-corrected chi connectivity index (χ1v) is 12.4. The van der Waals surface area contributed by atoms with Gasteiger partial charge in [-0.1, -0.05) is 38.1 Å². The van der Waals surface area contributed by atoms with Gasteiger partial charge in [-0.2, -0.15) is 0 Å².